The molecule has 3 aliphatic rings. The number of nitrogens with zero attached hydrogens (tertiary/aromatic N) is 1. The normalized spacial score (nSPS) is 19.6. The van der Waals surface area contributed by atoms with Crippen molar-refractivity contribution in [3.63, 3.8) is 0 Å². The molecule has 2 aliphatic heterocycles. The first-order valence-corrected chi connectivity index (χ1v) is 13.3. The van der Waals surface area contributed by atoms with E-state index in [0.717, 1.165) is 31.5 Å². The number of piperidine rings is 1. The van der Waals surface area contributed by atoms with Crippen LogP contribution in [0.2, 0.25) is 0 Å². The highest BCUT2D eigenvalue weighted by Gasteiger charge is 2.46. The molecule has 5 rings (SSSR count). The summed E-state index contributed by atoms with van der Waals surface area (Å²) < 4.78 is 16.9. The predicted molar refractivity (Wildman–Crippen MR) is 138 cm³/mol. The quantitative estimate of drug-likeness (QED) is 0.434. The molecule has 2 aromatic carbocycles. The molecule has 0 unspecified atom stereocenters. The zero-order valence-corrected chi connectivity index (χ0v) is 21.4. The van der Waals surface area contributed by atoms with E-state index in [1.165, 1.54) is 18.9 Å². The summed E-state index contributed by atoms with van der Waals surface area (Å²) in [5.74, 6) is 0.544. The van der Waals surface area contributed by atoms with Crippen LogP contribution in [0.5, 0.6) is 5.75 Å². The highest BCUT2D eigenvalue weighted by Crippen LogP contribution is 2.47. The highest BCUT2D eigenvalue weighted by atomic mass is 32.2. The molecule has 1 N–H and O–H groups in total. The lowest BCUT2D eigenvalue weighted by atomic mass is 9.90. The van der Waals surface area contributed by atoms with Crippen molar-refractivity contribution in [3.8, 4) is 5.75 Å². The summed E-state index contributed by atoms with van der Waals surface area (Å²) in [6, 6.07) is 14.3. The third kappa shape index (κ3) is 5.44. The summed E-state index contributed by atoms with van der Waals surface area (Å²) in [5, 5.41) is 10.5. The average Bonchev–Trinajstić information content (AvgIpc) is 2.92. The summed E-state index contributed by atoms with van der Waals surface area (Å²) in [7, 11) is 1.36. The molecule has 9 heteroatoms. The van der Waals surface area contributed by atoms with Crippen molar-refractivity contribution in [2.45, 2.75) is 31.0 Å². The van der Waals surface area contributed by atoms with Crippen LogP contribution in [0.4, 0.5) is 0 Å². The van der Waals surface area contributed by atoms with E-state index >= 15 is 0 Å². The summed E-state index contributed by atoms with van der Waals surface area (Å²) >= 11 is 1.42. The molecule has 1 saturated heterocycles. The first-order valence-electron chi connectivity index (χ1n) is 12.3. The van der Waals surface area contributed by atoms with Crippen LogP contribution in [0.25, 0.3) is 5.76 Å². The number of ketones is 2. The molecule has 0 aromatic heterocycles. The number of aliphatic hydroxyl groups is 1. The Bertz CT molecular complexity index is 1230. The second kappa shape index (κ2) is 10.7. The van der Waals surface area contributed by atoms with Gasteiger partial charge in [0.15, 0.2) is 0 Å². The molecule has 2 aromatic rings. The molecular formula is C28H29NO7S. The maximum atomic E-state index is 12.6. The second-order valence-corrected chi connectivity index (χ2v) is 10.6. The van der Waals surface area contributed by atoms with Crippen LogP contribution in [0, 0.1) is 0 Å². The third-order valence-corrected chi connectivity index (χ3v) is 8.34. The van der Waals surface area contributed by atoms with E-state index in [-0.39, 0.29) is 19.0 Å². The molecule has 0 amide bonds. The standard InChI is InChI=1S/C28H29NO7S/c1-34-23(31)14-18-6-8-20(9-7-18)35-16-19(30)15-29-12-10-28(11-13-29)17-37-27-25(33)24(32)21-4-2-3-5-22(21)26(27)36-28/h2-9,19,30H,10-17H2,1H3/t19-/m1/s1. The number of methoxy groups -OCH3 is 1. The van der Waals surface area contributed by atoms with Crippen LogP contribution in [0.15, 0.2) is 53.4 Å². The predicted octanol–water partition coefficient (Wildman–Crippen LogP) is 2.87. The molecule has 1 aliphatic carbocycles. The van der Waals surface area contributed by atoms with Gasteiger partial charge in [-0.15, -0.1) is 11.8 Å². The van der Waals surface area contributed by atoms with Gasteiger partial charge >= 0.3 is 5.97 Å². The molecule has 0 saturated carbocycles. The molecule has 1 spiro atoms. The van der Waals surface area contributed by atoms with Crippen molar-refractivity contribution < 1.29 is 33.7 Å². The number of hydrogen-bond acceptors (Lipinski definition) is 9. The van der Waals surface area contributed by atoms with Crippen LogP contribution >= 0.6 is 11.8 Å². The van der Waals surface area contributed by atoms with Gasteiger partial charge < -0.3 is 24.2 Å². The van der Waals surface area contributed by atoms with Gasteiger partial charge in [0, 0.05) is 49.4 Å². The number of β-amino-alcohol motifs (C(OH)–C–C–N with tert-alkyl or cyclic N) is 1. The van der Waals surface area contributed by atoms with E-state index in [1.54, 1.807) is 36.4 Å². The minimum Gasteiger partial charge on any atom is -0.491 e. The van der Waals surface area contributed by atoms with Gasteiger partial charge in [0.1, 0.15) is 34.7 Å². The van der Waals surface area contributed by atoms with E-state index in [1.807, 2.05) is 12.1 Å². The number of esters is 1. The van der Waals surface area contributed by atoms with Crippen LogP contribution < -0.4 is 4.74 Å². The van der Waals surface area contributed by atoms with Crippen LogP contribution in [0.3, 0.4) is 0 Å². The van der Waals surface area contributed by atoms with E-state index in [9.17, 15) is 19.5 Å². The Morgan fingerprint density at radius 2 is 1.78 bits per heavy atom. The highest BCUT2D eigenvalue weighted by molar-refractivity contribution is 8.04. The molecule has 0 radical (unpaired) electrons. The first kappa shape index (κ1) is 25.5. The Hall–Kier alpha value is -3.14. The number of hydrogen-bond donors (Lipinski definition) is 1. The fourth-order valence-corrected chi connectivity index (χ4v) is 6.15. The molecule has 8 nitrogen and oxygen atoms in total. The molecule has 2 heterocycles. The maximum Gasteiger partial charge on any atom is 0.309 e. The minimum atomic E-state index is -0.659. The minimum absolute atomic E-state index is 0.160. The monoisotopic (exact) mass is 523 g/mol. The lowest BCUT2D eigenvalue weighted by Crippen LogP contribution is -2.51. The topological polar surface area (TPSA) is 102 Å². The lowest BCUT2D eigenvalue weighted by Gasteiger charge is -2.45. The average molecular weight is 524 g/mol. The van der Waals surface area contributed by atoms with Gasteiger partial charge in [-0.1, -0.05) is 36.4 Å². The van der Waals surface area contributed by atoms with Crippen molar-refractivity contribution in [1.82, 2.24) is 4.90 Å². The maximum absolute atomic E-state index is 12.6. The Morgan fingerprint density at radius 3 is 2.49 bits per heavy atom. The van der Waals surface area contributed by atoms with E-state index in [4.69, 9.17) is 9.47 Å². The van der Waals surface area contributed by atoms with Crippen molar-refractivity contribution in [2.24, 2.45) is 0 Å². The summed E-state index contributed by atoms with van der Waals surface area (Å²) in [4.78, 5) is 39.1. The number of rotatable bonds is 7. The van der Waals surface area contributed by atoms with Crippen molar-refractivity contribution in [2.75, 3.05) is 39.1 Å². The van der Waals surface area contributed by atoms with E-state index < -0.39 is 23.3 Å². The fraction of sp³-hybridized carbons (Fsp3) is 0.393. The van der Waals surface area contributed by atoms with E-state index in [2.05, 4.69) is 9.64 Å². The SMILES string of the molecule is COC(=O)Cc1ccc(OC[C@H](O)CN2CCC3(CC2)CSC2=C(O3)c3ccccc3C(=O)C2=O)cc1. The zero-order chi connectivity index (χ0) is 26.0. The van der Waals surface area contributed by atoms with Crippen molar-refractivity contribution in [3.05, 3.63) is 70.1 Å². The summed E-state index contributed by atoms with van der Waals surface area (Å²) in [5.41, 5.74) is 1.53. The van der Waals surface area contributed by atoms with Gasteiger partial charge in [-0.05, 0) is 17.7 Å². The van der Waals surface area contributed by atoms with Gasteiger partial charge in [0.05, 0.1) is 13.5 Å². The van der Waals surface area contributed by atoms with Gasteiger partial charge in [0.2, 0.25) is 11.6 Å². The number of thioether (sulfide) groups is 1. The number of carbonyl (C=O) groups is 3. The molecule has 0 bridgehead atoms. The van der Waals surface area contributed by atoms with E-state index in [0.29, 0.717) is 39.8 Å². The summed E-state index contributed by atoms with van der Waals surface area (Å²) in [6.45, 7) is 2.13. The van der Waals surface area contributed by atoms with Gasteiger partial charge in [-0.3, -0.25) is 14.4 Å². The number of allylic oxidation sites excluding steroid dienone is 1. The number of likely N-dealkylation sites (tertiary alicyclic amines) is 1. The largest absolute Gasteiger partial charge is 0.491 e. The van der Waals surface area contributed by atoms with Crippen LogP contribution in [-0.2, 0) is 25.5 Å². The number of benzene rings is 2. The molecule has 194 valence electrons. The number of carbonyl (C=O) groups excluding carboxylic acids is 3. The number of fused-ring (bicyclic) bond motifs is 2. The van der Waals surface area contributed by atoms with Gasteiger partial charge in [-0.2, -0.15) is 0 Å². The summed E-state index contributed by atoms with van der Waals surface area (Å²) in [6.07, 6.45) is 1.07. The van der Waals surface area contributed by atoms with Crippen molar-refractivity contribution in [1.29, 1.82) is 0 Å². The fourth-order valence-electron chi connectivity index (χ4n) is 4.89. The molecular weight excluding hydrogens is 494 g/mol. The van der Waals surface area contributed by atoms with Crippen molar-refractivity contribution >= 4 is 35.1 Å². The van der Waals surface area contributed by atoms with Crippen LogP contribution in [-0.4, -0.2) is 78.4 Å². The van der Waals surface area contributed by atoms with Crippen LogP contribution in [0.1, 0.15) is 34.3 Å². The molecule has 37 heavy (non-hydrogen) atoms. The number of ether oxygens (including phenoxy) is 3. The Kier molecular flexibility index (Phi) is 7.37. The molecule has 1 fully saturated rings. The Labute approximate surface area is 219 Å². The van der Waals surface area contributed by atoms with Gasteiger partial charge in [0.25, 0.3) is 0 Å². The smallest absolute Gasteiger partial charge is 0.309 e. The third-order valence-electron chi connectivity index (χ3n) is 7.01. The lowest BCUT2D eigenvalue weighted by molar-refractivity contribution is -0.139. The number of Topliss-reactive ketones (excluding diaryl/α,β-unsaturated/α-hetero) is 2. The Balaban J connectivity index is 1.13. The second-order valence-electron chi connectivity index (χ2n) is 9.60. The first-order chi connectivity index (χ1) is 17.9. The Morgan fingerprint density at radius 1 is 1.08 bits per heavy atom. The van der Waals surface area contributed by atoms with Gasteiger partial charge in [-0.25, -0.2) is 0 Å². The number of aliphatic hydroxyl groups excluding tert-OH is 1. The zero-order valence-electron chi connectivity index (χ0n) is 20.6. The molecule has 1 atom stereocenters.